The number of rotatable bonds is 6. The van der Waals surface area contributed by atoms with Crippen molar-refractivity contribution in [3.8, 4) is 0 Å². The minimum absolute atomic E-state index is 0.0400. The molecule has 0 saturated carbocycles. The summed E-state index contributed by atoms with van der Waals surface area (Å²) < 4.78 is 5.82. The Bertz CT molecular complexity index is 874. The van der Waals surface area contributed by atoms with Crippen molar-refractivity contribution >= 4 is 23.3 Å². The zero-order chi connectivity index (χ0) is 20.8. The summed E-state index contributed by atoms with van der Waals surface area (Å²) in [6.07, 6.45) is 1.42. The first-order valence-electron chi connectivity index (χ1n) is 10.5. The molecule has 158 valence electrons. The third kappa shape index (κ3) is 5.37. The summed E-state index contributed by atoms with van der Waals surface area (Å²) in [6.45, 7) is 4.39. The molecule has 0 aromatic heterocycles. The normalized spacial score (nSPS) is 19.7. The van der Waals surface area contributed by atoms with Gasteiger partial charge in [-0.3, -0.25) is 9.69 Å². The van der Waals surface area contributed by atoms with Crippen LogP contribution in [-0.4, -0.2) is 55.7 Å². The van der Waals surface area contributed by atoms with Crippen molar-refractivity contribution in [1.82, 2.24) is 10.2 Å². The van der Waals surface area contributed by atoms with E-state index in [0.29, 0.717) is 25.3 Å². The smallest absolute Gasteiger partial charge is 0.319 e. The number of carbonyl (C=O) groups is 2. The zero-order valence-corrected chi connectivity index (χ0v) is 17.0. The number of anilines is 2. The molecule has 1 atom stereocenters. The molecule has 2 fully saturated rings. The van der Waals surface area contributed by atoms with Gasteiger partial charge in [-0.05, 0) is 30.2 Å². The summed E-state index contributed by atoms with van der Waals surface area (Å²) in [5, 5.41) is 5.75. The second kappa shape index (κ2) is 9.73. The Kier molecular flexibility index (Phi) is 6.61. The first kappa shape index (κ1) is 20.4. The van der Waals surface area contributed by atoms with Crippen LogP contribution in [0.25, 0.3) is 0 Å². The molecule has 7 nitrogen and oxygen atoms in total. The molecule has 7 heteroatoms. The Labute approximate surface area is 177 Å². The van der Waals surface area contributed by atoms with Crippen molar-refractivity contribution in [3.63, 3.8) is 0 Å². The van der Waals surface area contributed by atoms with Gasteiger partial charge in [0.25, 0.3) is 0 Å². The topological polar surface area (TPSA) is 73.9 Å². The number of hydrogen-bond acceptors (Lipinski definition) is 4. The quantitative estimate of drug-likeness (QED) is 0.771. The van der Waals surface area contributed by atoms with Gasteiger partial charge in [-0.2, -0.15) is 0 Å². The van der Waals surface area contributed by atoms with E-state index in [2.05, 4.69) is 27.7 Å². The van der Waals surface area contributed by atoms with E-state index in [1.54, 1.807) is 4.90 Å². The molecule has 2 aromatic carbocycles. The van der Waals surface area contributed by atoms with E-state index < -0.39 is 0 Å². The van der Waals surface area contributed by atoms with Gasteiger partial charge in [-0.15, -0.1) is 0 Å². The van der Waals surface area contributed by atoms with Crippen LogP contribution in [0.5, 0.6) is 0 Å². The fourth-order valence-electron chi connectivity index (χ4n) is 3.94. The minimum atomic E-state index is -0.274. The van der Waals surface area contributed by atoms with E-state index in [1.807, 2.05) is 42.5 Å². The highest BCUT2D eigenvalue weighted by Crippen LogP contribution is 2.24. The molecule has 2 aromatic rings. The van der Waals surface area contributed by atoms with Crippen molar-refractivity contribution in [1.29, 1.82) is 0 Å². The Morgan fingerprint density at radius 1 is 1.10 bits per heavy atom. The van der Waals surface area contributed by atoms with Gasteiger partial charge in [0.1, 0.15) is 0 Å². The van der Waals surface area contributed by atoms with E-state index in [1.165, 1.54) is 5.56 Å². The van der Waals surface area contributed by atoms with Crippen LogP contribution in [0.4, 0.5) is 16.2 Å². The van der Waals surface area contributed by atoms with Gasteiger partial charge in [-0.25, -0.2) is 4.79 Å². The predicted molar refractivity (Wildman–Crippen MR) is 117 cm³/mol. The lowest BCUT2D eigenvalue weighted by Crippen LogP contribution is -2.47. The highest BCUT2D eigenvalue weighted by molar-refractivity contribution is 5.96. The maximum atomic E-state index is 12.4. The number of nitrogens with zero attached hydrogens (tertiary/aromatic N) is 2. The van der Waals surface area contributed by atoms with E-state index >= 15 is 0 Å². The third-order valence-corrected chi connectivity index (χ3v) is 5.45. The van der Waals surface area contributed by atoms with Gasteiger partial charge in [0.15, 0.2) is 0 Å². The molecular formula is C23H28N4O3. The molecule has 30 heavy (non-hydrogen) atoms. The highest BCUT2D eigenvalue weighted by atomic mass is 16.5. The average molecular weight is 409 g/mol. The van der Waals surface area contributed by atoms with Gasteiger partial charge in [-0.1, -0.05) is 36.4 Å². The van der Waals surface area contributed by atoms with Crippen LogP contribution in [-0.2, 0) is 16.1 Å². The number of carbonyl (C=O) groups excluding carboxylic acids is 2. The number of hydrogen-bond donors (Lipinski definition) is 2. The molecule has 0 aliphatic carbocycles. The molecule has 2 N–H and O–H groups in total. The van der Waals surface area contributed by atoms with Crippen LogP contribution in [0.1, 0.15) is 18.4 Å². The summed E-state index contributed by atoms with van der Waals surface area (Å²) in [7, 11) is 0. The molecular weight excluding hydrogens is 380 g/mol. The van der Waals surface area contributed by atoms with E-state index in [0.717, 1.165) is 38.3 Å². The van der Waals surface area contributed by atoms with Crippen LogP contribution in [0, 0.1) is 0 Å². The fraction of sp³-hybridized carbons (Fsp3) is 0.391. The average Bonchev–Trinajstić information content (AvgIpc) is 3.19. The summed E-state index contributed by atoms with van der Waals surface area (Å²) in [5.74, 6) is 0.131. The predicted octanol–water partition coefficient (Wildman–Crippen LogP) is 2.84. The molecule has 0 bridgehead atoms. The number of urea groups is 1. The maximum absolute atomic E-state index is 12.4. The molecule has 0 spiro atoms. The lowest BCUT2D eigenvalue weighted by Gasteiger charge is -2.33. The third-order valence-electron chi connectivity index (χ3n) is 5.45. The number of morpholine rings is 1. The second-order valence-corrected chi connectivity index (χ2v) is 7.75. The molecule has 2 heterocycles. The summed E-state index contributed by atoms with van der Waals surface area (Å²) in [4.78, 5) is 28.4. The zero-order valence-electron chi connectivity index (χ0n) is 17.0. The standard InChI is InChI=1S/C23H28N4O3/c28-22-10-5-11-27(22)20-9-4-8-19(14-20)25-23(29)24-15-21-17-26(12-13-30-21)16-18-6-2-1-3-7-18/h1-4,6-9,14,21H,5,10-13,15-17H2,(H2,24,25,29). The Balaban J connectivity index is 1.25. The van der Waals surface area contributed by atoms with Gasteiger partial charge < -0.3 is 20.3 Å². The minimum Gasteiger partial charge on any atom is -0.374 e. The van der Waals surface area contributed by atoms with E-state index in [-0.39, 0.29) is 18.0 Å². The van der Waals surface area contributed by atoms with E-state index in [4.69, 9.17) is 4.74 Å². The van der Waals surface area contributed by atoms with Crippen molar-refractivity contribution in [2.45, 2.75) is 25.5 Å². The van der Waals surface area contributed by atoms with E-state index in [9.17, 15) is 9.59 Å². The van der Waals surface area contributed by atoms with Gasteiger partial charge >= 0.3 is 6.03 Å². The molecule has 2 aliphatic heterocycles. The maximum Gasteiger partial charge on any atom is 0.319 e. The van der Waals surface area contributed by atoms with Gasteiger partial charge in [0.2, 0.25) is 5.91 Å². The van der Waals surface area contributed by atoms with Crippen LogP contribution < -0.4 is 15.5 Å². The number of nitrogens with one attached hydrogen (secondary N) is 2. The molecule has 2 saturated heterocycles. The molecule has 1 unspecified atom stereocenters. The first-order valence-corrected chi connectivity index (χ1v) is 10.5. The molecule has 4 rings (SSSR count). The number of ether oxygens (including phenoxy) is 1. The Morgan fingerprint density at radius 2 is 1.97 bits per heavy atom. The van der Waals surface area contributed by atoms with Crippen molar-refractivity contribution in [3.05, 3.63) is 60.2 Å². The number of amides is 3. The van der Waals surface area contributed by atoms with Crippen LogP contribution >= 0.6 is 0 Å². The SMILES string of the molecule is O=C(NCC1CN(Cc2ccccc2)CCO1)Nc1cccc(N2CCCC2=O)c1. The van der Waals surface area contributed by atoms with Crippen molar-refractivity contribution in [2.75, 3.05) is 43.0 Å². The second-order valence-electron chi connectivity index (χ2n) is 7.75. The highest BCUT2D eigenvalue weighted by Gasteiger charge is 2.23. The van der Waals surface area contributed by atoms with Gasteiger partial charge in [0, 0.05) is 50.5 Å². The summed E-state index contributed by atoms with van der Waals surface area (Å²) >= 11 is 0. The van der Waals surface area contributed by atoms with Gasteiger partial charge in [0.05, 0.1) is 12.7 Å². The fourth-order valence-corrected chi connectivity index (χ4v) is 3.94. The van der Waals surface area contributed by atoms with Crippen molar-refractivity contribution in [2.24, 2.45) is 0 Å². The van der Waals surface area contributed by atoms with Crippen LogP contribution in [0.3, 0.4) is 0 Å². The lowest BCUT2D eigenvalue weighted by atomic mass is 10.2. The Morgan fingerprint density at radius 3 is 2.77 bits per heavy atom. The van der Waals surface area contributed by atoms with Crippen LogP contribution in [0.2, 0.25) is 0 Å². The molecule has 0 radical (unpaired) electrons. The summed E-state index contributed by atoms with van der Waals surface area (Å²) in [6, 6.07) is 17.5. The molecule has 3 amide bonds. The number of benzene rings is 2. The first-order chi connectivity index (χ1) is 14.7. The van der Waals surface area contributed by atoms with Crippen LogP contribution in [0.15, 0.2) is 54.6 Å². The van der Waals surface area contributed by atoms with Crippen molar-refractivity contribution < 1.29 is 14.3 Å². The monoisotopic (exact) mass is 408 g/mol. The molecule has 2 aliphatic rings. The largest absolute Gasteiger partial charge is 0.374 e. The lowest BCUT2D eigenvalue weighted by molar-refractivity contribution is -0.117. The Hall–Kier alpha value is -2.90. The summed E-state index contributed by atoms with van der Waals surface area (Å²) in [5.41, 5.74) is 2.77.